The summed E-state index contributed by atoms with van der Waals surface area (Å²) in [4.78, 5) is 45.2. The van der Waals surface area contributed by atoms with Gasteiger partial charge < -0.3 is 14.5 Å². The van der Waals surface area contributed by atoms with Crippen LogP contribution in [0.3, 0.4) is 0 Å². The molecule has 1 N–H and O–H groups in total. The molecule has 1 spiro atoms. The minimum atomic E-state index is -0.474. The fraction of sp³-hybridized carbons (Fsp3) is 0.550. The Labute approximate surface area is 169 Å². The SMILES string of the molecule is COC(=O)c1cc(C)nc(N2CCCC3(CCc4c3nc(N(C)C)[nH]c4=O)C2)n1. The van der Waals surface area contributed by atoms with Gasteiger partial charge in [0.05, 0.1) is 12.8 Å². The Bertz CT molecular complexity index is 1020. The van der Waals surface area contributed by atoms with Crippen LogP contribution in [0.25, 0.3) is 0 Å². The van der Waals surface area contributed by atoms with Gasteiger partial charge in [-0.05, 0) is 38.7 Å². The monoisotopic (exact) mass is 398 g/mol. The molecule has 29 heavy (non-hydrogen) atoms. The van der Waals surface area contributed by atoms with Gasteiger partial charge >= 0.3 is 5.97 Å². The number of esters is 1. The van der Waals surface area contributed by atoms with Crippen LogP contribution in [0, 0.1) is 6.92 Å². The predicted octanol–water partition coefficient (Wildman–Crippen LogP) is 1.21. The first-order valence-corrected chi connectivity index (χ1v) is 9.83. The van der Waals surface area contributed by atoms with Crippen molar-refractivity contribution in [3.8, 4) is 0 Å². The summed E-state index contributed by atoms with van der Waals surface area (Å²) in [6.45, 7) is 3.31. The van der Waals surface area contributed by atoms with Gasteiger partial charge in [0.15, 0.2) is 5.69 Å². The van der Waals surface area contributed by atoms with Crippen molar-refractivity contribution in [2.45, 2.75) is 38.0 Å². The van der Waals surface area contributed by atoms with Gasteiger partial charge in [-0.2, -0.15) is 0 Å². The number of fused-ring (bicyclic) bond motifs is 2. The second kappa shape index (κ2) is 7.13. The third-order valence-electron chi connectivity index (χ3n) is 5.88. The highest BCUT2D eigenvalue weighted by Crippen LogP contribution is 2.43. The lowest BCUT2D eigenvalue weighted by Gasteiger charge is -2.40. The van der Waals surface area contributed by atoms with E-state index in [4.69, 9.17) is 9.72 Å². The molecule has 1 fully saturated rings. The Morgan fingerprint density at radius 2 is 2.07 bits per heavy atom. The quantitative estimate of drug-likeness (QED) is 0.770. The Morgan fingerprint density at radius 3 is 2.79 bits per heavy atom. The number of H-pyrrole nitrogens is 1. The molecule has 4 rings (SSSR count). The molecule has 9 nitrogen and oxygen atoms in total. The highest BCUT2D eigenvalue weighted by molar-refractivity contribution is 5.87. The molecule has 0 amide bonds. The number of carbonyl (C=O) groups is 1. The Hall–Kier alpha value is -2.97. The maximum absolute atomic E-state index is 12.6. The summed E-state index contributed by atoms with van der Waals surface area (Å²) >= 11 is 0. The first kappa shape index (κ1) is 19.4. The zero-order valence-electron chi connectivity index (χ0n) is 17.3. The molecule has 3 heterocycles. The smallest absolute Gasteiger partial charge is 0.356 e. The zero-order valence-corrected chi connectivity index (χ0v) is 17.3. The van der Waals surface area contributed by atoms with Crippen LogP contribution in [-0.2, 0) is 16.6 Å². The van der Waals surface area contributed by atoms with Gasteiger partial charge in [-0.3, -0.25) is 9.78 Å². The molecule has 2 aromatic heterocycles. The summed E-state index contributed by atoms with van der Waals surface area (Å²) in [7, 11) is 5.08. The van der Waals surface area contributed by atoms with Crippen LogP contribution in [0.15, 0.2) is 10.9 Å². The molecule has 154 valence electrons. The van der Waals surface area contributed by atoms with Gasteiger partial charge in [0.25, 0.3) is 5.56 Å². The van der Waals surface area contributed by atoms with Crippen molar-refractivity contribution in [3.05, 3.63) is 39.1 Å². The number of ether oxygens (including phenoxy) is 1. The molecule has 1 unspecified atom stereocenters. The van der Waals surface area contributed by atoms with Crippen LogP contribution in [-0.4, -0.2) is 60.2 Å². The molecule has 1 saturated heterocycles. The van der Waals surface area contributed by atoms with Gasteiger partial charge in [-0.15, -0.1) is 0 Å². The number of hydrogen-bond acceptors (Lipinski definition) is 8. The zero-order chi connectivity index (χ0) is 20.8. The number of piperidine rings is 1. The number of nitrogens with one attached hydrogen (secondary N) is 1. The average Bonchev–Trinajstić information content (AvgIpc) is 3.05. The second-order valence-corrected chi connectivity index (χ2v) is 8.10. The molecule has 1 atom stereocenters. The average molecular weight is 398 g/mol. The summed E-state index contributed by atoms with van der Waals surface area (Å²) < 4.78 is 4.82. The number of carbonyl (C=O) groups excluding carboxylic acids is 1. The molecule has 0 bridgehead atoms. The number of rotatable bonds is 3. The molecule has 2 aliphatic rings. The minimum absolute atomic E-state index is 0.0486. The lowest BCUT2D eigenvalue weighted by atomic mass is 9.77. The maximum Gasteiger partial charge on any atom is 0.356 e. The fourth-order valence-electron chi connectivity index (χ4n) is 4.45. The molecule has 1 aliphatic heterocycles. The first-order chi connectivity index (χ1) is 13.8. The van der Waals surface area contributed by atoms with Crippen molar-refractivity contribution in [1.82, 2.24) is 19.9 Å². The molecule has 0 saturated carbocycles. The summed E-state index contributed by atoms with van der Waals surface area (Å²) in [6.07, 6.45) is 3.51. The third kappa shape index (κ3) is 3.34. The second-order valence-electron chi connectivity index (χ2n) is 8.10. The molecule has 9 heteroatoms. The number of aromatic nitrogens is 4. The first-order valence-electron chi connectivity index (χ1n) is 9.83. The normalized spacial score (nSPS) is 20.6. The number of anilines is 2. The molecular formula is C20H26N6O3. The van der Waals surface area contributed by atoms with E-state index >= 15 is 0 Å². The van der Waals surface area contributed by atoms with Crippen LogP contribution in [0.4, 0.5) is 11.9 Å². The number of aryl methyl sites for hydroxylation is 1. The lowest BCUT2D eigenvalue weighted by molar-refractivity contribution is 0.0593. The van der Waals surface area contributed by atoms with E-state index in [1.54, 1.807) is 6.07 Å². The minimum Gasteiger partial charge on any atom is -0.464 e. The van der Waals surface area contributed by atoms with Crippen molar-refractivity contribution in [1.29, 1.82) is 0 Å². The highest BCUT2D eigenvalue weighted by Gasteiger charge is 2.45. The molecule has 2 aromatic rings. The summed E-state index contributed by atoms with van der Waals surface area (Å²) in [5.74, 6) is 0.626. The van der Waals surface area contributed by atoms with E-state index < -0.39 is 5.97 Å². The van der Waals surface area contributed by atoms with Gasteiger partial charge in [0.1, 0.15) is 0 Å². The van der Waals surface area contributed by atoms with E-state index in [1.165, 1.54) is 7.11 Å². The van der Waals surface area contributed by atoms with Crippen molar-refractivity contribution in [3.63, 3.8) is 0 Å². The molecule has 1 aliphatic carbocycles. The molecule has 0 radical (unpaired) electrons. The number of nitrogens with zero attached hydrogens (tertiary/aromatic N) is 5. The van der Waals surface area contributed by atoms with Crippen molar-refractivity contribution >= 4 is 17.9 Å². The van der Waals surface area contributed by atoms with Crippen LogP contribution in [0.1, 0.15) is 46.7 Å². The summed E-state index contributed by atoms with van der Waals surface area (Å²) in [5, 5.41) is 0. The van der Waals surface area contributed by atoms with E-state index in [1.807, 2.05) is 25.9 Å². The van der Waals surface area contributed by atoms with Crippen molar-refractivity contribution in [2.24, 2.45) is 0 Å². The van der Waals surface area contributed by atoms with Crippen molar-refractivity contribution in [2.75, 3.05) is 44.1 Å². The van der Waals surface area contributed by atoms with Gasteiger partial charge in [0.2, 0.25) is 11.9 Å². The van der Waals surface area contributed by atoms with Gasteiger partial charge in [-0.1, -0.05) is 0 Å². The van der Waals surface area contributed by atoms with Gasteiger partial charge in [0, 0.05) is 43.9 Å². The van der Waals surface area contributed by atoms with E-state index in [0.717, 1.165) is 43.5 Å². The number of hydrogen-bond donors (Lipinski definition) is 1. The van der Waals surface area contributed by atoms with Crippen LogP contribution >= 0.6 is 0 Å². The van der Waals surface area contributed by atoms with Crippen LogP contribution in [0.5, 0.6) is 0 Å². The van der Waals surface area contributed by atoms with E-state index in [-0.39, 0.29) is 16.7 Å². The van der Waals surface area contributed by atoms with E-state index in [9.17, 15) is 9.59 Å². The van der Waals surface area contributed by atoms with Gasteiger partial charge in [-0.25, -0.2) is 19.7 Å². The van der Waals surface area contributed by atoms with E-state index in [2.05, 4.69) is 19.9 Å². The molecule has 0 aromatic carbocycles. The predicted molar refractivity (Wildman–Crippen MR) is 109 cm³/mol. The number of methoxy groups -OCH3 is 1. The van der Waals surface area contributed by atoms with E-state index in [0.29, 0.717) is 24.1 Å². The Kier molecular flexibility index (Phi) is 4.76. The van der Waals surface area contributed by atoms with Crippen LogP contribution < -0.4 is 15.4 Å². The Balaban J connectivity index is 1.72. The summed E-state index contributed by atoms with van der Waals surface area (Å²) in [6, 6.07) is 1.63. The Morgan fingerprint density at radius 1 is 1.28 bits per heavy atom. The fourth-order valence-corrected chi connectivity index (χ4v) is 4.45. The van der Waals surface area contributed by atoms with Crippen LogP contribution in [0.2, 0.25) is 0 Å². The lowest BCUT2D eigenvalue weighted by Crippen LogP contribution is -2.46. The number of aromatic amines is 1. The van der Waals surface area contributed by atoms with Crippen molar-refractivity contribution < 1.29 is 9.53 Å². The molecular weight excluding hydrogens is 372 g/mol. The summed E-state index contributed by atoms with van der Waals surface area (Å²) in [5.41, 5.74) is 2.41. The highest BCUT2D eigenvalue weighted by atomic mass is 16.5. The standard InChI is InChI=1S/C20H26N6O3/c1-12-10-14(17(28)29-4)22-19(21-12)26-9-5-7-20(11-26)8-6-13-15(20)23-18(25(2)3)24-16(13)27/h10H,5-9,11H2,1-4H3,(H,23,24,27). The largest absolute Gasteiger partial charge is 0.464 e. The topological polar surface area (TPSA) is 104 Å². The third-order valence-corrected chi connectivity index (χ3v) is 5.88. The maximum atomic E-state index is 12.6.